The van der Waals surface area contributed by atoms with Crippen LogP contribution in [-0.4, -0.2) is 36.7 Å². The summed E-state index contributed by atoms with van der Waals surface area (Å²) in [5.74, 6) is -0.917. The van der Waals surface area contributed by atoms with E-state index in [0.29, 0.717) is 6.04 Å². The molecule has 1 aliphatic carbocycles. The van der Waals surface area contributed by atoms with Gasteiger partial charge in [0.1, 0.15) is 0 Å². The Kier molecular flexibility index (Phi) is 6.13. The standard InChI is InChI=1S/C27H30N4O2S/c1-17-16-22(18(2)30(17)21-13-11-19(12-14-21)26(32)33)25-24(23-10-6-7-15-28-23)29-27(34)31(25)20-8-4-3-5-9-20/h6-7,10-16,20,24-25H,3-5,8-9H2,1-2H3,(H,29,34)(H,32,33)/t24-,25-/m0/s1. The Balaban J connectivity index is 1.60. The first-order valence-electron chi connectivity index (χ1n) is 12.0. The summed E-state index contributed by atoms with van der Waals surface area (Å²) in [5, 5.41) is 13.7. The molecule has 0 spiro atoms. The minimum atomic E-state index is -0.917. The van der Waals surface area contributed by atoms with Crippen molar-refractivity contribution in [3.63, 3.8) is 0 Å². The lowest BCUT2D eigenvalue weighted by atomic mass is 9.90. The summed E-state index contributed by atoms with van der Waals surface area (Å²) in [6.45, 7) is 4.24. The lowest BCUT2D eigenvalue weighted by Gasteiger charge is -2.37. The van der Waals surface area contributed by atoms with E-state index in [4.69, 9.17) is 12.2 Å². The highest BCUT2D eigenvalue weighted by Crippen LogP contribution is 2.44. The Bertz CT molecular complexity index is 1200. The molecule has 0 unspecified atom stereocenters. The summed E-state index contributed by atoms with van der Waals surface area (Å²) in [6, 6.07) is 15.8. The number of hydrogen-bond acceptors (Lipinski definition) is 3. The van der Waals surface area contributed by atoms with Crippen LogP contribution in [0.1, 0.15) is 77.2 Å². The third kappa shape index (κ3) is 3.98. The molecule has 1 aliphatic heterocycles. The van der Waals surface area contributed by atoms with Crippen LogP contribution >= 0.6 is 12.2 Å². The van der Waals surface area contributed by atoms with Crippen molar-refractivity contribution in [1.82, 2.24) is 19.8 Å². The van der Waals surface area contributed by atoms with E-state index in [2.05, 4.69) is 45.7 Å². The second-order valence-electron chi connectivity index (χ2n) is 9.34. The monoisotopic (exact) mass is 474 g/mol. The molecule has 1 saturated heterocycles. The fourth-order valence-electron chi connectivity index (χ4n) is 5.69. The van der Waals surface area contributed by atoms with Crippen LogP contribution in [0, 0.1) is 13.8 Å². The highest BCUT2D eigenvalue weighted by molar-refractivity contribution is 7.80. The molecule has 0 radical (unpaired) electrons. The van der Waals surface area contributed by atoms with Gasteiger partial charge >= 0.3 is 5.97 Å². The maximum Gasteiger partial charge on any atom is 0.335 e. The molecule has 0 amide bonds. The summed E-state index contributed by atoms with van der Waals surface area (Å²) in [4.78, 5) is 18.4. The van der Waals surface area contributed by atoms with E-state index < -0.39 is 5.97 Å². The van der Waals surface area contributed by atoms with Crippen molar-refractivity contribution in [3.8, 4) is 5.69 Å². The van der Waals surface area contributed by atoms with Crippen LogP contribution in [0.25, 0.3) is 5.69 Å². The number of carboxylic acids is 1. The minimum absolute atomic E-state index is 0.0287. The maximum atomic E-state index is 11.3. The van der Waals surface area contributed by atoms with E-state index >= 15 is 0 Å². The second kappa shape index (κ2) is 9.22. The summed E-state index contributed by atoms with van der Waals surface area (Å²) < 4.78 is 2.21. The third-order valence-corrected chi connectivity index (χ3v) is 7.59. The summed E-state index contributed by atoms with van der Waals surface area (Å²) in [6.07, 6.45) is 7.91. The number of nitrogens with one attached hydrogen (secondary N) is 1. The summed E-state index contributed by atoms with van der Waals surface area (Å²) in [7, 11) is 0. The number of thiocarbonyl (C=S) groups is 1. The van der Waals surface area contributed by atoms with Crippen molar-refractivity contribution >= 4 is 23.3 Å². The van der Waals surface area contributed by atoms with Gasteiger partial charge in [-0.3, -0.25) is 4.98 Å². The first-order chi connectivity index (χ1) is 16.5. The highest BCUT2D eigenvalue weighted by Gasteiger charge is 2.44. The number of carboxylic acid groups (broad SMARTS) is 1. The van der Waals surface area contributed by atoms with E-state index in [0.717, 1.165) is 40.7 Å². The minimum Gasteiger partial charge on any atom is -0.478 e. The highest BCUT2D eigenvalue weighted by atomic mass is 32.1. The lowest BCUT2D eigenvalue weighted by molar-refractivity contribution is 0.0697. The molecule has 3 aromatic rings. The van der Waals surface area contributed by atoms with Crippen molar-refractivity contribution < 1.29 is 9.90 Å². The van der Waals surface area contributed by atoms with Gasteiger partial charge in [-0.2, -0.15) is 0 Å². The Morgan fingerprint density at radius 2 is 1.82 bits per heavy atom. The Morgan fingerprint density at radius 3 is 2.47 bits per heavy atom. The van der Waals surface area contributed by atoms with Crippen molar-refractivity contribution in [2.24, 2.45) is 0 Å². The van der Waals surface area contributed by atoms with Crippen LogP contribution in [0.15, 0.2) is 54.7 Å². The van der Waals surface area contributed by atoms with Gasteiger partial charge in [-0.15, -0.1) is 0 Å². The zero-order valence-electron chi connectivity index (χ0n) is 19.6. The maximum absolute atomic E-state index is 11.3. The van der Waals surface area contributed by atoms with Crippen LogP contribution in [-0.2, 0) is 0 Å². The molecule has 7 heteroatoms. The van der Waals surface area contributed by atoms with Gasteiger partial charge in [0.2, 0.25) is 0 Å². The molecule has 2 aliphatic rings. The third-order valence-electron chi connectivity index (χ3n) is 7.26. The van der Waals surface area contributed by atoms with Crippen molar-refractivity contribution in [2.75, 3.05) is 0 Å². The molecule has 6 nitrogen and oxygen atoms in total. The van der Waals surface area contributed by atoms with Gasteiger partial charge in [0.25, 0.3) is 0 Å². The quantitative estimate of drug-likeness (QED) is 0.477. The fourth-order valence-corrected chi connectivity index (χ4v) is 6.08. The predicted octanol–water partition coefficient (Wildman–Crippen LogP) is 5.49. The van der Waals surface area contributed by atoms with Gasteiger partial charge in [-0.1, -0.05) is 25.3 Å². The van der Waals surface area contributed by atoms with E-state index in [9.17, 15) is 9.90 Å². The van der Waals surface area contributed by atoms with Gasteiger partial charge in [0, 0.05) is 29.3 Å². The Hall–Kier alpha value is -3.19. The topological polar surface area (TPSA) is 70.4 Å². The number of nitrogens with zero attached hydrogens (tertiary/aromatic N) is 3. The van der Waals surface area contributed by atoms with E-state index in [1.54, 1.807) is 12.1 Å². The van der Waals surface area contributed by atoms with Crippen LogP contribution in [0.3, 0.4) is 0 Å². The van der Waals surface area contributed by atoms with Crippen LogP contribution in [0.5, 0.6) is 0 Å². The first kappa shape index (κ1) is 22.6. The molecule has 1 aromatic carbocycles. The van der Waals surface area contributed by atoms with Gasteiger partial charge < -0.3 is 19.9 Å². The number of aromatic nitrogens is 2. The molecule has 0 bridgehead atoms. The fraction of sp³-hybridized carbons (Fsp3) is 0.370. The average molecular weight is 475 g/mol. The van der Waals surface area contributed by atoms with Crippen LogP contribution in [0.2, 0.25) is 0 Å². The number of aryl methyl sites for hydroxylation is 1. The van der Waals surface area contributed by atoms with Crippen molar-refractivity contribution in [2.45, 2.75) is 64.1 Å². The average Bonchev–Trinajstić information content (AvgIpc) is 3.35. The second-order valence-corrected chi connectivity index (χ2v) is 9.73. The number of carbonyl (C=O) groups is 1. The molecule has 2 aromatic heterocycles. The SMILES string of the molecule is Cc1cc([C@H]2[C@H](c3ccccn3)NC(=S)N2C2CCCCC2)c(C)n1-c1ccc(C(=O)O)cc1. The zero-order chi connectivity index (χ0) is 23.8. The number of hydrogen-bond donors (Lipinski definition) is 2. The largest absolute Gasteiger partial charge is 0.478 e. The molecule has 176 valence electrons. The molecule has 34 heavy (non-hydrogen) atoms. The molecule has 2 fully saturated rings. The first-order valence-corrected chi connectivity index (χ1v) is 12.4. The van der Waals surface area contributed by atoms with Crippen LogP contribution < -0.4 is 5.32 Å². The van der Waals surface area contributed by atoms with Gasteiger partial charge in [-0.25, -0.2) is 4.79 Å². The summed E-state index contributed by atoms with van der Waals surface area (Å²) >= 11 is 5.92. The van der Waals surface area contributed by atoms with Crippen molar-refractivity contribution in [3.05, 3.63) is 82.9 Å². The zero-order valence-corrected chi connectivity index (χ0v) is 20.4. The number of pyridine rings is 1. The number of benzene rings is 1. The predicted molar refractivity (Wildman–Crippen MR) is 136 cm³/mol. The lowest BCUT2D eigenvalue weighted by Crippen LogP contribution is -2.40. The smallest absolute Gasteiger partial charge is 0.335 e. The van der Waals surface area contributed by atoms with E-state index in [-0.39, 0.29) is 17.6 Å². The van der Waals surface area contributed by atoms with Gasteiger partial charge in [0.15, 0.2) is 5.11 Å². The molecule has 1 saturated carbocycles. The molecule has 2 N–H and O–H groups in total. The van der Waals surface area contributed by atoms with E-state index in [1.165, 1.54) is 24.8 Å². The number of rotatable bonds is 5. The van der Waals surface area contributed by atoms with Gasteiger partial charge in [0.05, 0.1) is 23.3 Å². The molecular weight excluding hydrogens is 444 g/mol. The molecule has 2 atom stereocenters. The summed E-state index contributed by atoms with van der Waals surface area (Å²) in [5.41, 5.74) is 5.71. The molecular formula is C27H30N4O2S. The van der Waals surface area contributed by atoms with Crippen molar-refractivity contribution in [1.29, 1.82) is 0 Å². The Labute approximate surface area is 205 Å². The number of aromatic carboxylic acids is 1. The van der Waals surface area contributed by atoms with Gasteiger partial charge in [-0.05, 0) is 86.9 Å². The Morgan fingerprint density at radius 1 is 1.09 bits per heavy atom. The van der Waals surface area contributed by atoms with E-state index in [1.807, 2.05) is 30.5 Å². The molecule has 5 rings (SSSR count). The van der Waals surface area contributed by atoms with Crippen LogP contribution in [0.4, 0.5) is 0 Å². The molecule has 3 heterocycles. The normalized spacial score (nSPS) is 21.0.